The molecule has 1 fully saturated rings. The molecule has 0 saturated heterocycles. The van der Waals surface area contributed by atoms with E-state index in [2.05, 4.69) is 28.3 Å². The molecule has 41 heavy (non-hydrogen) atoms. The number of carbonyl (C=O) groups excluding carboxylic acids is 1. The van der Waals surface area contributed by atoms with Gasteiger partial charge in [0.25, 0.3) is 0 Å². The van der Waals surface area contributed by atoms with Crippen molar-refractivity contribution >= 4 is 39.2 Å². The van der Waals surface area contributed by atoms with Crippen LogP contribution in [0.15, 0.2) is 54.6 Å². The number of fused-ring (bicyclic) bond motifs is 2. The van der Waals surface area contributed by atoms with Crippen LogP contribution in [0.4, 0.5) is 0 Å². The van der Waals surface area contributed by atoms with E-state index in [4.69, 9.17) is 21.1 Å². The first kappa shape index (κ1) is 27.4. The van der Waals surface area contributed by atoms with Crippen LogP contribution < -0.4 is 4.74 Å². The van der Waals surface area contributed by atoms with Crippen molar-refractivity contribution in [3.8, 4) is 16.9 Å². The second-order valence-corrected chi connectivity index (χ2v) is 11.1. The van der Waals surface area contributed by atoms with Gasteiger partial charge >= 0.3 is 5.97 Å². The second-order valence-electron chi connectivity index (χ2n) is 10.7. The Balaban J connectivity index is 1.37. The van der Waals surface area contributed by atoms with Crippen molar-refractivity contribution in [2.24, 2.45) is 13.0 Å². The van der Waals surface area contributed by atoms with E-state index in [0.717, 1.165) is 62.7 Å². The lowest BCUT2D eigenvalue weighted by Gasteiger charge is -2.12. The molecule has 8 heteroatoms. The van der Waals surface area contributed by atoms with Crippen LogP contribution in [-0.2, 0) is 18.2 Å². The van der Waals surface area contributed by atoms with Gasteiger partial charge in [0.2, 0.25) is 0 Å². The zero-order valence-corrected chi connectivity index (χ0v) is 24.3. The Labute approximate surface area is 244 Å². The molecule has 1 saturated carbocycles. The summed E-state index contributed by atoms with van der Waals surface area (Å²) in [7, 11) is 1.87. The Hall–Kier alpha value is -3.81. The Bertz CT molecular complexity index is 1750. The largest absolute Gasteiger partial charge is 0.493 e. The van der Waals surface area contributed by atoms with Crippen LogP contribution in [0, 0.1) is 12.8 Å². The average molecular weight is 572 g/mol. The number of nitrogens with zero attached hydrogens (tertiary/aromatic N) is 2. The Morgan fingerprint density at radius 3 is 2.68 bits per heavy atom. The normalized spacial score (nSPS) is 14.1. The van der Waals surface area contributed by atoms with E-state index in [1.165, 1.54) is 0 Å². The summed E-state index contributed by atoms with van der Waals surface area (Å²) in [5.41, 5.74) is 5.10. The minimum atomic E-state index is -0.665. The molecule has 0 spiro atoms. The topological polar surface area (TPSA) is 89.4 Å². The smallest absolute Gasteiger partial charge is 0.355 e. The first-order chi connectivity index (χ1) is 19.9. The van der Waals surface area contributed by atoms with Gasteiger partial charge in [-0.3, -0.25) is 4.68 Å². The number of aliphatic hydroxyl groups is 1. The lowest BCUT2D eigenvalue weighted by molar-refractivity contribution is 0.0519. The highest BCUT2D eigenvalue weighted by atomic mass is 35.5. The highest BCUT2D eigenvalue weighted by Crippen LogP contribution is 2.47. The summed E-state index contributed by atoms with van der Waals surface area (Å²) < 4.78 is 13.4. The van der Waals surface area contributed by atoms with Crippen molar-refractivity contribution < 1.29 is 19.4 Å². The predicted octanol–water partition coefficient (Wildman–Crippen LogP) is 7.32. The molecular formula is C33H34ClN3O4. The van der Waals surface area contributed by atoms with Crippen molar-refractivity contribution in [1.82, 2.24) is 14.8 Å². The second kappa shape index (κ2) is 11.2. The van der Waals surface area contributed by atoms with Crippen molar-refractivity contribution in [2.75, 3.05) is 13.2 Å². The number of nitrogens with one attached hydrogen (secondary N) is 1. The molecule has 2 aromatic heterocycles. The molecule has 5 aromatic rings. The number of aromatic amines is 1. The molecule has 3 aromatic carbocycles. The van der Waals surface area contributed by atoms with Gasteiger partial charge in [0.1, 0.15) is 17.5 Å². The number of hydrogen-bond acceptors (Lipinski definition) is 5. The maximum atomic E-state index is 13.1. The molecule has 0 amide bonds. The lowest BCUT2D eigenvalue weighted by atomic mass is 9.95. The number of carbonyl (C=O) groups is 1. The van der Waals surface area contributed by atoms with Crippen LogP contribution in [0.1, 0.15) is 59.7 Å². The maximum Gasteiger partial charge on any atom is 0.355 e. The molecule has 0 radical (unpaired) electrons. The van der Waals surface area contributed by atoms with E-state index in [-0.39, 0.29) is 12.5 Å². The number of rotatable bonds is 10. The van der Waals surface area contributed by atoms with E-state index in [1.807, 2.05) is 50.4 Å². The van der Waals surface area contributed by atoms with Gasteiger partial charge in [-0.05, 0) is 68.5 Å². The third-order valence-electron chi connectivity index (χ3n) is 8.05. The highest BCUT2D eigenvalue weighted by molar-refractivity contribution is 6.35. The monoisotopic (exact) mass is 571 g/mol. The first-order valence-corrected chi connectivity index (χ1v) is 14.6. The van der Waals surface area contributed by atoms with Crippen LogP contribution in [0.25, 0.3) is 32.8 Å². The zero-order chi connectivity index (χ0) is 28.7. The Morgan fingerprint density at radius 1 is 1.12 bits per heavy atom. The molecule has 1 aliphatic rings. The molecule has 6 rings (SSSR count). The molecule has 0 aliphatic heterocycles. The zero-order valence-electron chi connectivity index (χ0n) is 23.5. The van der Waals surface area contributed by atoms with Crippen molar-refractivity contribution in [2.45, 2.75) is 45.6 Å². The predicted molar refractivity (Wildman–Crippen MR) is 162 cm³/mol. The summed E-state index contributed by atoms with van der Waals surface area (Å²) in [5.74, 6) is 0.643. The van der Waals surface area contributed by atoms with Crippen LogP contribution >= 0.6 is 11.6 Å². The van der Waals surface area contributed by atoms with Crippen molar-refractivity contribution in [3.05, 3.63) is 82.3 Å². The molecule has 2 N–H and O–H groups in total. The quantitative estimate of drug-likeness (QED) is 0.135. The van der Waals surface area contributed by atoms with Gasteiger partial charge in [0, 0.05) is 34.6 Å². The van der Waals surface area contributed by atoms with E-state index >= 15 is 0 Å². The summed E-state index contributed by atoms with van der Waals surface area (Å²) in [6.07, 6.45) is 2.59. The fourth-order valence-electron chi connectivity index (χ4n) is 5.71. The molecular weight excluding hydrogens is 538 g/mol. The summed E-state index contributed by atoms with van der Waals surface area (Å²) >= 11 is 6.86. The molecule has 2 heterocycles. The fraction of sp³-hybridized carbons (Fsp3) is 0.333. The van der Waals surface area contributed by atoms with Gasteiger partial charge in [-0.25, -0.2) is 4.79 Å². The third-order valence-corrected chi connectivity index (χ3v) is 8.36. The summed E-state index contributed by atoms with van der Waals surface area (Å²) in [6.45, 7) is 4.53. The number of halogens is 1. The number of esters is 1. The van der Waals surface area contributed by atoms with Gasteiger partial charge in [0.05, 0.1) is 29.4 Å². The van der Waals surface area contributed by atoms with E-state index < -0.39 is 12.1 Å². The number of aromatic nitrogens is 3. The average Bonchev–Trinajstić information content (AvgIpc) is 3.70. The van der Waals surface area contributed by atoms with E-state index in [1.54, 1.807) is 11.6 Å². The molecule has 1 aliphatic carbocycles. The summed E-state index contributed by atoms with van der Waals surface area (Å²) in [5, 5.41) is 19.4. The number of aryl methyl sites for hydroxylation is 2. The fourth-order valence-corrected chi connectivity index (χ4v) is 5.96. The van der Waals surface area contributed by atoms with E-state index in [0.29, 0.717) is 35.9 Å². The number of hydrogen-bond donors (Lipinski definition) is 2. The highest BCUT2D eigenvalue weighted by Gasteiger charge is 2.36. The molecule has 0 bridgehead atoms. The van der Waals surface area contributed by atoms with Crippen molar-refractivity contribution in [1.29, 1.82) is 0 Å². The summed E-state index contributed by atoms with van der Waals surface area (Å²) in [6, 6.07) is 18.0. The molecule has 7 nitrogen and oxygen atoms in total. The van der Waals surface area contributed by atoms with Crippen molar-refractivity contribution in [3.63, 3.8) is 0 Å². The van der Waals surface area contributed by atoms with Gasteiger partial charge in [0.15, 0.2) is 0 Å². The standard InChI is InChI=1S/C33H34ClN3O4/c1-4-40-33(39)30-23(12-8-18-41-26-13-7-10-20-9-5-6-11-22(20)26)24-16-17-25(34)28(29(24)35-30)27-19(2)37(3)36-31(27)32(38)21-14-15-21/h5-7,9-11,13,16-17,21,32,35,38H,4,8,12,14-15,18H2,1-3H3. The number of H-pyrrole nitrogens is 1. The van der Waals surface area contributed by atoms with Gasteiger partial charge in [-0.2, -0.15) is 5.10 Å². The SMILES string of the molecule is CCOC(=O)c1[nH]c2c(-c3c(C(O)C4CC4)nn(C)c3C)c(Cl)ccc2c1CCCOc1cccc2ccccc12. The number of aliphatic hydroxyl groups excluding tert-OH is 1. The number of ether oxygens (including phenoxy) is 2. The van der Waals surface area contributed by atoms with Crippen LogP contribution in [0.5, 0.6) is 5.75 Å². The number of benzene rings is 3. The Kier molecular flexibility index (Phi) is 7.49. The summed E-state index contributed by atoms with van der Waals surface area (Å²) in [4.78, 5) is 16.5. The van der Waals surface area contributed by atoms with Gasteiger partial charge < -0.3 is 19.6 Å². The van der Waals surface area contributed by atoms with E-state index in [9.17, 15) is 9.90 Å². The Morgan fingerprint density at radius 2 is 1.90 bits per heavy atom. The van der Waals surface area contributed by atoms with Gasteiger partial charge in [-0.15, -0.1) is 0 Å². The minimum absolute atomic E-state index is 0.206. The van der Waals surface area contributed by atoms with Crippen LogP contribution in [-0.4, -0.2) is 39.1 Å². The van der Waals surface area contributed by atoms with Crippen LogP contribution in [0.3, 0.4) is 0 Å². The van der Waals surface area contributed by atoms with Gasteiger partial charge in [-0.1, -0.05) is 54.1 Å². The maximum absolute atomic E-state index is 13.1. The molecule has 212 valence electrons. The first-order valence-electron chi connectivity index (χ1n) is 14.2. The lowest BCUT2D eigenvalue weighted by Crippen LogP contribution is -2.09. The minimum Gasteiger partial charge on any atom is -0.493 e. The van der Waals surface area contributed by atoms with Crippen LogP contribution in [0.2, 0.25) is 5.02 Å². The molecule has 1 atom stereocenters. The molecule has 1 unspecified atom stereocenters. The third kappa shape index (κ3) is 5.09.